The van der Waals surface area contributed by atoms with Crippen LogP contribution in [0.1, 0.15) is 23.1 Å². The average Bonchev–Trinajstić information content (AvgIpc) is 3.17. The van der Waals surface area contributed by atoms with E-state index in [9.17, 15) is 19.2 Å². The summed E-state index contributed by atoms with van der Waals surface area (Å²) in [7, 11) is 0. The number of hydrogen-bond donors (Lipinski definition) is 3. The van der Waals surface area contributed by atoms with Crippen LogP contribution in [0.2, 0.25) is 0 Å². The van der Waals surface area contributed by atoms with Gasteiger partial charge in [-0.3, -0.25) is 19.7 Å². The van der Waals surface area contributed by atoms with Crippen molar-refractivity contribution in [3.05, 3.63) is 59.2 Å². The highest BCUT2D eigenvalue weighted by Crippen LogP contribution is 2.33. The van der Waals surface area contributed by atoms with Gasteiger partial charge in [0.15, 0.2) is 0 Å². The molecule has 3 aliphatic rings. The van der Waals surface area contributed by atoms with E-state index in [0.717, 1.165) is 22.4 Å². The number of anilines is 2. The molecule has 0 bridgehead atoms. The Hall–Kier alpha value is -3.68. The molecule has 8 heteroatoms. The first kappa shape index (κ1) is 18.4. The highest BCUT2D eigenvalue weighted by molar-refractivity contribution is 6.08. The maximum absolute atomic E-state index is 12.6. The number of carbonyl (C=O) groups excluding carboxylic acids is 4. The first-order chi connectivity index (χ1) is 14.4. The zero-order valence-electron chi connectivity index (χ0n) is 16.2. The number of nitrogens with zero attached hydrogens (tertiary/aromatic N) is 1. The van der Waals surface area contributed by atoms with Crippen LogP contribution in [0.15, 0.2) is 42.5 Å². The molecule has 0 saturated carbocycles. The van der Waals surface area contributed by atoms with Crippen molar-refractivity contribution in [2.45, 2.75) is 31.2 Å². The van der Waals surface area contributed by atoms with Crippen molar-refractivity contribution >= 4 is 35.1 Å². The zero-order valence-corrected chi connectivity index (χ0v) is 16.2. The van der Waals surface area contributed by atoms with Crippen LogP contribution in [0.3, 0.4) is 0 Å². The minimum absolute atomic E-state index is 0.0394. The zero-order chi connectivity index (χ0) is 20.9. The summed E-state index contributed by atoms with van der Waals surface area (Å²) in [5.74, 6) is -0.639. The molecule has 1 aliphatic carbocycles. The monoisotopic (exact) mass is 404 g/mol. The van der Waals surface area contributed by atoms with Crippen LogP contribution in [0.25, 0.3) is 0 Å². The summed E-state index contributed by atoms with van der Waals surface area (Å²) < 4.78 is 0. The van der Waals surface area contributed by atoms with Crippen molar-refractivity contribution in [3.63, 3.8) is 0 Å². The third-order valence-electron chi connectivity index (χ3n) is 6.04. The van der Waals surface area contributed by atoms with Gasteiger partial charge >= 0.3 is 6.03 Å². The molecule has 0 radical (unpaired) electrons. The van der Waals surface area contributed by atoms with Gasteiger partial charge in [0.2, 0.25) is 11.8 Å². The molecule has 1 atom stereocenters. The Kier molecular flexibility index (Phi) is 4.09. The van der Waals surface area contributed by atoms with Gasteiger partial charge in [0, 0.05) is 17.8 Å². The fourth-order valence-electron chi connectivity index (χ4n) is 4.53. The van der Waals surface area contributed by atoms with Gasteiger partial charge in [0.1, 0.15) is 12.1 Å². The number of carbonyl (C=O) groups is 4. The Labute approximate surface area is 172 Å². The largest absolute Gasteiger partial charge is 0.325 e. The molecule has 1 saturated heterocycles. The molecule has 5 amide bonds. The summed E-state index contributed by atoms with van der Waals surface area (Å²) >= 11 is 0. The van der Waals surface area contributed by atoms with Gasteiger partial charge in [0.05, 0.1) is 6.42 Å². The van der Waals surface area contributed by atoms with Crippen molar-refractivity contribution in [1.29, 1.82) is 0 Å². The molecular formula is C22H20N4O4. The second-order valence-corrected chi connectivity index (χ2v) is 7.98. The minimum Gasteiger partial charge on any atom is -0.325 e. The van der Waals surface area contributed by atoms with Crippen molar-refractivity contribution in [2.24, 2.45) is 0 Å². The molecule has 1 unspecified atom stereocenters. The quantitative estimate of drug-likeness (QED) is 0.670. The van der Waals surface area contributed by atoms with E-state index in [1.807, 2.05) is 36.4 Å². The second-order valence-electron chi connectivity index (χ2n) is 7.98. The fourth-order valence-corrected chi connectivity index (χ4v) is 4.53. The fraction of sp³-hybridized carbons (Fsp3) is 0.273. The minimum atomic E-state index is -0.877. The van der Waals surface area contributed by atoms with Gasteiger partial charge in [-0.05, 0) is 47.7 Å². The molecule has 2 heterocycles. The number of hydrogen-bond acceptors (Lipinski definition) is 4. The Morgan fingerprint density at radius 1 is 1.07 bits per heavy atom. The molecule has 1 fully saturated rings. The van der Waals surface area contributed by atoms with Crippen molar-refractivity contribution in [2.75, 3.05) is 16.8 Å². The molecule has 152 valence electrons. The van der Waals surface area contributed by atoms with Crippen molar-refractivity contribution < 1.29 is 19.2 Å². The van der Waals surface area contributed by atoms with Crippen LogP contribution in [0.4, 0.5) is 16.2 Å². The molecule has 0 aromatic heterocycles. The molecule has 5 rings (SSSR count). The lowest BCUT2D eigenvalue weighted by Gasteiger charge is -2.32. The molecular weight excluding hydrogens is 384 g/mol. The number of aryl methyl sites for hydroxylation is 1. The molecule has 30 heavy (non-hydrogen) atoms. The number of imide groups is 1. The molecule has 2 aromatic rings. The summed E-state index contributed by atoms with van der Waals surface area (Å²) in [5, 5.41) is 7.93. The number of para-hydroxylation sites is 1. The van der Waals surface area contributed by atoms with Gasteiger partial charge < -0.3 is 15.5 Å². The van der Waals surface area contributed by atoms with Gasteiger partial charge in [-0.1, -0.05) is 24.3 Å². The average molecular weight is 404 g/mol. The highest BCUT2D eigenvalue weighted by Gasteiger charge is 2.47. The SMILES string of the molecule is O=C(CN1C(=O)Cc2ccccc21)Nc1ccc2c(c1)CCC1(C2)NC(=O)NC1=O. The van der Waals surface area contributed by atoms with E-state index in [1.54, 1.807) is 6.07 Å². The van der Waals surface area contributed by atoms with Crippen molar-refractivity contribution in [1.82, 2.24) is 10.6 Å². The molecule has 2 aliphatic heterocycles. The molecule has 3 N–H and O–H groups in total. The van der Waals surface area contributed by atoms with Crippen LogP contribution < -0.4 is 20.9 Å². The van der Waals surface area contributed by atoms with E-state index in [1.165, 1.54) is 4.90 Å². The van der Waals surface area contributed by atoms with E-state index in [-0.39, 0.29) is 24.3 Å². The normalized spacial score (nSPS) is 21.9. The lowest BCUT2D eigenvalue weighted by molar-refractivity contribution is -0.124. The van der Waals surface area contributed by atoms with E-state index in [2.05, 4.69) is 16.0 Å². The van der Waals surface area contributed by atoms with E-state index < -0.39 is 11.6 Å². The maximum atomic E-state index is 12.6. The summed E-state index contributed by atoms with van der Waals surface area (Å²) in [6.45, 7) is -0.0394. The third kappa shape index (κ3) is 3.01. The van der Waals surface area contributed by atoms with Crippen LogP contribution >= 0.6 is 0 Å². The van der Waals surface area contributed by atoms with Crippen molar-refractivity contribution in [3.8, 4) is 0 Å². The summed E-state index contributed by atoms with van der Waals surface area (Å²) in [6, 6.07) is 12.6. The smallest absolute Gasteiger partial charge is 0.322 e. The van der Waals surface area contributed by atoms with E-state index in [0.29, 0.717) is 31.4 Å². The van der Waals surface area contributed by atoms with E-state index in [4.69, 9.17) is 0 Å². The van der Waals surface area contributed by atoms with Gasteiger partial charge in [0.25, 0.3) is 5.91 Å². The van der Waals surface area contributed by atoms with Gasteiger partial charge in [-0.15, -0.1) is 0 Å². The van der Waals surface area contributed by atoms with E-state index >= 15 is 0 Å². The third-order valence-corrected chi connectivity index (χ3v) is 6.04. The number of rotatable bonds is 3. The van der Waals surface area contributed by atoms with Crippen LogP contribution in [-0.4, -0.2) is 35.8 Å². The standard InChI is InChI=1S/C22H20N4O4/c27-18(12-26-17-4-2-1-3-14(17)10-19(26)28)23-16-6-5-15-11-22(8-7-13(15)9-16)20(29)24-21(30)25-22/h1-6,9H,7-8,10-12H2,(H,23,27)(H2,24,25,29,30). The molecule has 8 nitrogen and oxygen atoms in total. The van der Waals surface area contributed by atoms with Crippen LogP contribution in [-0.2, 0) is 33.6 Å². The number of urea groups is 1. The predicted octanol–water partition coefficient (Wildman–Crippen LogP) is 1.28. The summed E-state index contributed by atoms with van der Waals surface area (Å²) in [6.07, 6.45) is 1.86. The highest BCUT2D eigenvalue weighted by atomic mass is 16.2. The predicted molar refractivity (Wildman–Crippen MR) is 109 cm³/mol. The number of amides is 5. The maximum Gasteiger partial charge on any atom is 0.322 e. The van der Waals surface area contributed by atoms with Gasteiger partial charge in [-0.25, -0.2) is 4.79 Å². The number of benzene rings is 2. The molecule has 1 spiro atoms. The molecule has 2 aromatic carbocycles. The van der Waals surface area contributed by atoms with Crippen LogP contribution in [0.5, 0.6) is 0 Å². The van der Waals surface area contributed by atoms with Gasteiger partial charge in [-0.2, -0.15) is 0 Å². The van der Waals surface area contributed by atoms with Crippen LogP contribution in [0, 0.1) is 0 Å². The Morgan fingerprint density at radius 2 is 1.90 bits per heavy atom. The second kappa shape index (κ2) is 6.69. The lowest BCUT2D eigenvalue weighted by atomic mass is 9.78. The summed E-state index contributed by atoms with van der Waals surface area (Å²) in [4.78, 5) is 50.1. The first-order valence-electron chi connectivity index (χ1n) is 9.87. The first-order valence-corrected chi connectivity index (χ1v) is 9.87. The Balaban J connectivity index is 1.28. The Morgan fingerprint density at radius 3 is 2.70 bits per heavy atom. The topological polar surface area (TPSA) is 108 Å². The number of fused-ring (bicyclic) bond motifs is 2. The number of nitrogens with one attached hydrogen (secondary N) is 3. The summed E-state index contributed by atoms with van der Waals surface area (Å²) in [5.41, 5.74) is 3.49. The Bertz CT molecular complexity index is 1110. The lowest BCUT2D eigenvalue weighted by Crippen LogP contribution is -2.51.